The van der Waals surface area contributed by atoms with Crippen molar-refractivity contribution in [3.05, 3.63) is 52.2 Å². The maximum atomic E-state index is 13.8. The predicted molar refractivity (Wildman–Crippen MR) is 145 cm³/mol. The van der Waals surface area contributed by atoms with Crippen LogP contribution in [0.1, 0.15) is 41.3 Å². The quantitative estimate of drug-likeness (QED) is 0.301. The summed E-state index contributed by atoms with van der Waals surface area (Å²) in [4.78, 5) is 17.0. The molecule has 7 rings (SSSR count). The Hall–Kier alpha value is -3.59. The molecule has 3 aliphatic heterocycles. The van der Waals surface area contributed by atoms with Gasteiger partial charge in [-0.25, -0.2) is 8.96 Å². The zero-order valence-electron chi connectivity index (χ0n) is 21.6. The van der Waals surface area contributed by atoms with Crippen LogP contribution in [0.4, 0.5) is 15.9 Å². The van der Waals surface area contributed by atoms with Gasteiger partial charge in [0.1, 0.15) is 24.2 Å². The number of hydrogen-bond acceptors (Lipinski definition) is 6. The molecular weight excluding hydrogens is 503 g/mol. The molecular formula is C29H30FN4O3S+. The number of halogens is 1. The number of hydrogen-bond donors (Lipinski definition) is 1. The van der Waals surface area contributed by atoms with Gasteiger partial charge in [0.05, 0.1) is 24.0 Å². The summed E-state index contributed by atoms with van der Waals surface area (Å²) in [6, 6.07) is 8.50. The lowest BCUT2D eigenvalue weighted by atomic mass is 9.88. The topological polar surface area (TPSA) is 73.1 Å². The van der Waals surface area contributed by atoms with Crippen LogP contribution in [0.3, 0.4) is 0 Å². The Morgan fingerprint density at radius 2 is 2.00 bits per heavy atom. The van der Waals surface area contributed by atoms with E-state index in [0.717, 1.165) is 76.9 Å². The van der Waals surface area contributed by atoms with Gasteiger partial charge >= 0.3 is 10.9 Å². The number of anilines is 2. The Morgan fingerprint density at radius 3 is 2.76 bits per heavy atom. The molecule has 0 bridgehead atoms. The third kappa shape index (κ3) is 3.37. The minimum absolute atomic E-state index is 0.172. The van der Waals surface area contributed by atoms with Crippen LogP contribution < -0.4 is 19.9 Å². The molecule has 196 valence electrons. The van der Waals surface area contributed by atoms with E-state index in [1.165, 1.54) is 36.1 Å². The molecule has 1 atom stereocenters. The number of carbonyl (C=O) groups is 1. The van der Waals surface area contributed by atoms with E-state index >= 15 is 0 Å². The number of nitrogen functional groups attached to an aromatic ring is 1. The lowest BCUT2D eigenvalue weighted by Gasteiger charge is -2.38. The molecule has 1 unspecified atom stereocenters. The monoisotopic (exact) mass is 533 g/mol. The van der Waals surface area contributed by atoms with Crippen LogP contribution in [0.25, 0.3) is 27.5 Å². The van der Waals surface area contributed by atoms with E-state index in [1.807, 2.05) is 6.92 Å². The molecule has 7 nitrogen and oxygen atoms in total. The summed E-state index contributed by atoms with van der Waals surface area (Å²) in [5.74, 6) is 0.919. The van der Waals surface area contributed by atoms with Crippen molar-refractivity contribution >= 4 is 33.8 Å². The van der Waals surface area contributed by atoms with Crippen molar-refractivity contribution in [3.8, 4) is 28.3 Å². The number of carbonyl (C=O) groups excluding carboxylic acids is 1. The summed E-state index contributed by atoms with van der Waals surface area (Å²) in [6.07, 6.45) is 4.38. The minimum atomic E-state index is -0.292. The number of methoxy groups -OCH3 is 1. The summed E-state index contributed by atoms with van der Waals surface area (Å²) < 4.78 is 29.7. The van der Waals surface area contributed by atoms with Crippen LogP contribution in [0, 0.1) is 12.7 Å². The van der Waals surface area contributed by atoms with Crippen molar-refractivity contribution in [2.75, 3.05) is 37.4 Å². The number of thiazole rings is 1. The van der Waals surface area contributed by atoms with Gasteiger partial charge in [0, 0.05) is 29.9 Å². The smallest absolute Gasteiger partial charge is 0.349 e. The Morgan fingerprint density at radius 1 is 1.24 bits per heavy atom. The molecule has 0 spiro atoms. The van der Waals surface area contributed by atoms with Crippen molar-refractivity contribution in [2.45, 2.75) is 45.1 Å². The normalized spacial score (nSPS) is 17.9. The fourth-order valence-electron chi connectivity index (χ4n) is 6.59. The molecule has 9 heteroatoms. The Labute approximate surface area is 224 Å². The first-order valence-electron chi connectivity index (χ1n) is 13.2. The van der Waals surface area contributed by atoms with Crippen molar-refractivity contribution in [1.29, 1.82) is 0 Å². The third-order valence-corrected chi connectivity index (χ3v) is 9.25. The van der Waals surface area contributed by atoms with Gasteiger partial charge in [-0.2, -0.15) is 4.40 Å². The van der Waals surface area contributed by atoms with E-state index in [2.05, 4.69) is 19.9 Å². The summed E-state index contributed by atoms with van der Waals surface area (Å²) in [5, 5.41) is 0. The third-order valence-electron chi connectivity index (χ3n) is 8.18. The van der Waals surface area contributed by atoms with E-state index in [-0.39, 0.29) is 24.2 Å². The molecule has 0 radical (unpaired) electrons. The van der Waals surface area contributed by atoms with Crippen LogP contribution >= 0.6 is 11.3 Å². The van der Waals surface area contributed by atoms with Crippen LogP contribution in [-0.2, 0) is 22.4 Å². The lowest BCUT2D eigenvalue weighted by molar-refractivity contribution is -0.684. The van der Waals surface area contributed by atoms with E-state index in [9.17, 15) is 9.18 Å². The number of nitrogens with two attached hydrogens (primary N) is 1. The van der Waals surface area contributed by atoms with Gasteiger partial charge in [0.15, 0.2) is 5.69 Å². The Balaban J connectivity index is 1.53. The molecule has 0 amide bonds. The maximum absolute atomic E-state index is 13.8. The van der Waals surface area contributed by atoms with Gasteiger partial charge in [0.25, 0.3) is 0 Å². The number of aromatic nitrogens is 2. The standard InChI is InChI=1S/C29H30FN4O3S/c1-16-24(17-7-9-19(30)10-8-17)34-28(31)26-22-13-18-5-3-11-32-12-4-6-21(25(18)32)27(22)37-15-20(14-23(35)36-2)33(26)29(34)38-16/h7-10,13,20H,3-6,11-12,14-15,31H2,1-2H3/q+1. The van der Waals surface area contributed by atoms with Crippen LogP contribution in [0.2, 0.25) is 0 Å². The number of benzene rings is 2. The van der Waals surface area contributed by atoms with Gasteiger partial charge in [-0.15, -0.1) is 0 Å². The number of nitrogens with zero attached hydrogens (tertiary/aromatic N) is 3. The van der Waals surface area contributed by atoms with Crippen molar-refractivity contribution in [2.24, 2.45) is 0 Å². The molecule has 0 aliphatic carbocycles. The fourth-order valence-corrected chi connectivity index (χ4v) is 7.79. The SMILES string of the molecule is COC(=O)CC1COc2c(cc3c4c2CCCN4CCC3)-c2c(N)n3c(-c4ccc(F)cc4)c(C)sc3[n+]21. The highest BCUT2D eigenvalue weighted by atomic mass is 32.1. The molecule has 38 heavy (non-hydrogen) atoms. The first-order chi connectivity index (χ1) is 18.5. The van der Waals surface area contributed by atoms with Gasteiger partial charge in [-0.05, 0) is 68.5 Å². The van der Waals surface area contributed by atoms with Crippen molar-refractivity contribution < 1.29 is 23.2 Å². The number of rotatable bonds is 3. The van der Waals surface area contributed by atoms with Gasteiger partial charge in [0.2, 0.25) is 11.5 Å². The zero-order chi connectivity index (χ0) is 26.1. The van der Waals surface area contributed by atoms with Gasteiger partial charge in [-0.1, -0.05) is 11.3 Å². The lowest BCUT2D eigenvalue weighted by Crippen LogP contribution is -2.43. The van der Waals surface area contributed by atoms with Crippen molar-refractivity contribution in [3.63, 3.8) is 0 Å². The summed E-state index contributed by atoms with van der Waals surface area (Å²) in [6.45, 7) is 4.55. The maximum Gasteiger partial charge on any atom is 0.349 e. The first-order valence-corrected chi connectivity index (χ1v) is 14.0. The molecule has 4 aromatic rings. The van der Waals surface area contributed by atoms with Crippen LogP contribution in [0.15, 0.2) is 30.3 Å². The number of ether oxygens (including phenoxy) is 2. The molecule has 0 fully saturated rings. The number of fused-ring (bicyclic) bond motifs is 6. The first kappa shape index (κ1) is 23.5. The highest BCUT2D eigenvalue weighted by Gasteiger charge is 2.42. The average molecular weight is 534 g/mol. The molecule has 0 saturated carbocycles. The molecule has 0 saturated heterocycles. The van der Waals surface area contributed by atoms with E-state index < -0.39 is 0 Å². The second-order valence-electron chi connectivity index (χ2n) is 10.4. The van der Waals surface area contributed by atoms with E-state index in [1.54, 1.807) is 23.5 Å². The van der Waals surface area contributed by atoms with Gasteiger partial charge in [-0.3, -0.25) is 4.79 Å². The second kappa shape index (κ2) is 8.73. The molecule has 2 aromatic heterocycles. The molecule has 5 heterocycles. The second-order valence-corrected chi connectivity index (χ2v) is 11.6. The predicted octanol–water partition coefficient (Wildman–Crippen LogP) is 4.85. The van der Waals surface area contributed by atoms with Gasteiger partial charge < -0.3 is 20.1 Å². The number of imidazole rings is 1. The number of esters is 1. The average Bonchev–Trinajstić information content (AvgIpc) is 3.33. The summed E-state index contributed by atoms with van der Waals surface area (Å²) in [5.41, 5.74) is 14.7. The zero-order valence-corrected chi connectivity index (χ0v) is 22.4. The fraction of sp³-hybridized carbons (Fsp3) is 0.379. The van der Waals surface area contributed by atoms with E-state index in [0.29, 0.717) is 12.4 Å². The highest BCUT2D eigenvalue weighted by Crippen LogP contribution is 2.49. The molecule has 2 aromatic carbocycles. The largest absolute Gasteiger partial charge is 0.488 e. The number of aryl methyl sites for hydroxylation is 2. The minimum Gasteiger partial charge on any atom is -0.488 e. The van der Waals surface area contributed by atoms with Crippen LogP contribution in [0.5, 0.6) is 5.75 Å². The van der Waals surface area contributed by atoms with E-state index in [4.69, 9.17) is 15.2 Å². The Kier molecular flexibility index (Phi) is 5.40. The summed E-state index contributed by atoms with van der Waals surface area (Å²) >= 11 is 1.62. The van der Waals surface area contributed by atoms with Crippen molar-refractivity contribution in [1.82, 2.24) is 4.40 Å². The highest BCUT2D eigenvalue weighted by molar-refractivity contribution is 7.17. The molecule has 3 aliphatic rings. The summed E-state index contributed by atoms with van der Waals surface area (Å²) in [7, 11) is 1.42. The Bertz CT molecular complexity index is 1610. The van der Waals surface area contributed by atoms with Crippen LogP contribution in [-0.4, -0.2) is 37.2 Å². The molecule has 2 N–H and O–H groups in total.